The molecular formula is C18H20N4O. The standard InChI is InChI=1S/C18H20N4O/c1-2-21-12-6-9-15(21)18-20-13-7-5-11-19-17(13)22(18)14-8-3-4-10-16(14)23/h3-5,7-8,10-11,15,23H,2,6,9,12H2,1H3. The molecule has 1 fully saturated rings. The average Bonchev–Trinajstić information content (AvgIpc) is 3.19. The Hall–Kier alpha value is -2.40. The van der Waals surface area contributed by atoms with Gasteiger partial charge in [0.05, 0.1) is 11.7 Å². The predicted molar refractivity (Wildman–Crippen MR) is 89.8 cm³/mol. The Kier molecular flexibility index (Phi) is 3.50. The molecule has 0 amide bonds. The second kappa shape index (κ2) is 5.66. The maximum Gasteiger partial charge on any atom is 0.164 e. The van der Waals surface area contributed by atoms with Crippen LogP contribution in [0.3, 0.4) is 0 Å². The molecule has 1 aliphatic rings. The fraction of sp³-hybridized carbons (Fsp3) is 0.333. The molecule has 0 aliphatic carbocycles. The van der Waals surface area contributed by atoms with Gasteiger partial charge >= 0.3 is 0 Å². The van der Waals surface area contributed by atoms with Gasteiger partial charge in [-0.15, -0.1) is 0 Å². The van der Waals surface area contributed by atoms with Crippen molar-refractivity contribution in [1.29, 1.82) is 0 Å². The summed E-state index contributed by atoms with van der Waals surface area (Å²) in [7, 11) is 0. The fourth-order valence-electron chi connectivity index (χ4n) is 3.54. The first kappa shape index (κ1) is 14.2. The largest absolute Gasteiger partial charge is 0.506 e. The molecule has 23 heavy (non-hydrogen) atoms. The van der Waals surface area contributed by atoms with Crippen molar-refractivity contribution in [2.75, 3.05) is 13.1 Å². The van der Waals surface area contributed by atoms with Gasteiger partial charge in [0.1, 0.15) is 17.1 Å². The SMILES string of the molecule is CCN1CCCC1c1nc2cccnc2n1-c1ccccc1O. The first-order chi connectivity index (χ1) is 11.3. The summed E-state index contributed by atoms with van der Waals surface area (Å²) >= 11 is 0. The summed E-state index contributed by atoms with van der Waals surface area (Å²) in [6, 6.07) is 11.5. The van der Waals surface area contributed by atoms with Crippen LogP contribution in [-0.2, 0) is 0 Å². The summed E-state index contributed by atoms with van der Waals surface area (Å²) in [5, 5.41) is 10.3. The van der Waals surface area contributed by atoms with Crippen LogP contribution in [0.2, 0.25) is 0 Å². The third-order valence-corrected chi connectivity index (χ3v) is 4.63. The summed E-state index contributed by atoms with van der Waals surface area (Å²) in [6.45, 7) is 4.28. The van der Waals surface area contributed by atoms with Gasteiger partial charge in [-0.25, -0.2) is 9.97 Å². The zero-order valence-electron chi connectivity index (χ0n) is 13.2. The topological polar surface area (TPSA) is 54.2 Å². The number of phenols is 1. The highest BCUT2D eigenvalue weighted by Crippen LogP contribution is 2.36. The summed E-state index contributed by atoms with van der Waals surface area (Å²) in [5.74, 6) is 1.22. The minimum Gasteiger partial charge on any atom is -0.506 e. The molecule has 3 aromatic rings. The number of imidazole rings is 1. The third kappa shape index (κ3) is 2.28. The molecule has 3 heterocycles. The van der Waals surface area contributed by atoms with Crippen LogP contribution in [0, 0.1) is 0 Å². The lowest BCUT2D eigenvalue weighted by Gasteiger charge is -2.23. The number of rotatable bonds is 3. The van der Waals surface area contributed by atoms with E-state index in [-0.39, 0.29) is 11.8 Å². The third-order valence-electron chi connectivity index (χ3n) is 4.63. The lowest BCUT2D eigenvalue weighted by atomic mass is 10.2. The van der Waals surface area contributed by atoms with Gasteiger partial charge in [0.2, 0.25) is 0 Å². The van der Waals surface area contributed by atoms with Gasteiger partial charge < -0.3 is 5.11 Å². The second-order valence-corrected chi connectivity index (χ2v) is 5.93. The number of benzene rings is 1. The molecule has 0 saturated carbocycles. The fourth-order valence-corrected chi connectivity index (χ4v) is 3.54. The average molecular weight is 308 g/mol. The number of phenolic OH excluding ortho intramolecular Hbond substituents is 1. The molecule has 1 aromatic carbocycles. The molecule has 1 aliphatic heterocycles. The Balaban J connectivity index is 1.97. The van der Waals surface area contributed by atoms with Crippen LogP contribution in [-0.4, -0.2) is 37.6 Å². The van der Waals surface area contributed by atoms with E-state index in [2.05, 4.69) is 16.8 Å². The molecule has 4 rings (SSSR count). The Bertz CT molecular complexity index is 842. The van der Waals surface area contributed by atoms with E-state index in [1.54, 1.807) is 12.3 Å². The zero-order chi connectivity index (χ0) is 15.8. The van der Waals surface area contributed by atoms with Gasteiger partial charge in [0.25, 0.3) is 0 Å². The van der Waals surface area contributed by atoms with Crippen molar-refractivity contribution in [3.63, 3.8) is 0 Å². The molecule has 5 heteroatoms. The van der Waals surface area contributed by atoms with E-state index in [1.807, 2.05) is 34.9 Å². The predicted octanol–water partition coefficient (Wildman–Crippen LogP) is 3.28. The van der Waals surface area contributed by atoms with Crippen LogP contribution in [0.5, 0.6) is 5.75 Å². The number of para-hydroxylation sites is 2. The molecule has 118 valence electrons. The number of hydrogen-bond donors (Lipinski definition) is 1. The van der Waals surface area contributed by atoms with E-state index in [1.165, 1.54) is 6.42 Å². The normalized spacial score (nSPS) is 18.7. The van der Waals surface area contributed by atoms with E-state index in [4.69, 9.17) is 4.98 Å². The van der Waals surface area contributed by atoms with E-state index in [9.17, 15) is 5.11 Å². The van der Waals surface area contributed by atoms with Gasteiger partial charge in [0, 0.05) is 6.20 Å². The zero-order valence-corrected chi connectivity index (χ0v) is 13.2. The number of hydrogen-bond acceptors (Lipinski definition) is 4. The van der Waals surface area contributed by atoms with Crippen LogP contribution in [0.4, 0.5) is 0 Å². The van der Waals surface area contributed by atoms with Crippen molar-refractivity contribution in [2.24, 2.45) is 0 Å². The number of pyridine rings is 1. The number of likely N-dealkylation sites (tertiary alicyclic amines) is 1. The van der Waals surface area contributed by atoms with E-state index in [0.29, 0.717) is 0 Å². The summed E-state index contributed by atoms with van der Waals surface area (Å²) in [6.07, 6.45) is 4.04. The van der Waals surface area contributed by atoms with Crippen LogP contribution in [0.25, 0.3) is 16.9 Å². The molecule has 1 saturated heterocycles. The first-order valence-corrected chi connectivity index (χ1v) is 8.15. The number of aromatic nitrogens is 3. The molecular weight excluding hydrogens is 288 g/mol. The van der Waals surface area contributed by atoms with Crippen molar-refractivity contribution in [3.8, 4) is 11.4 Å². The summed E-state index contributed by atoms with van der Waals surface area (Å²) in [4.78, 5) is 11.8. The van der Waals surface area contributed by atoms with E-state index < -0.39 is 0 Å². The molecule has 0 spiro atoms. The lowest BCUT2D eigenvalue weighted by Crippen LogP contribution is -2.25. The molecule has 1 N–H and O–H groups in total. The Morgan fingerprint density at radius 3 is 2.91 bits per heavy atom. The molecule has 5 nitrogen and oxygen atoms in total. The van der Waals surface area contributed by atoms with Crippen molar-refractivity contribution in [1.82, 2.24) is 19.4 Å². The van der Waals surface area contributed by atoms with Crippen LogP contribution < -0.4 is 0 Å². The van der Waals surface area contributed by atoms with Gasteiger partial charge in [0.15, 0.2) is 5.65 Å². The summed E-state index contributed by atoms with van der Waals surface area (Å²) in [5.41, 5.74) is 2.41. The van der Waals surface area contributed by atoms with E-state index in [0.717, 1.165) is 42.2 Å². The first-order valence-electron chi connectivity index (χ1n) is 8.15. The molecule has 0 bridgehead atoms. The van der Waals surface area contributed by atoms with E-state index >= 15 is 0 Å². The highest BCUT2D eigenvalue weighted by Gasteiger charge is 2.30. The molecule has 2 aromatic heterocycles. The Morgan fingerprint density at radius 1 is 1.22 bits per heavy atom. The number of fused-ring (bicyclic) bond motifs is 1. The van der Waals surface area contributed by atoms with Crippen LogP contribution >= 0.6 is 0 Å². The highest BCUT2D eigenvalue weighted by molar-refractivity contribution is 5.75. The minimum atomic E-state index is 0.250. The molecule has 0 radical (unpaired) electrons. The van der Waals surface area contributed by atoms with Crippen molar-refractivity contribution in [2.45, 2.75) is 25.8 Å². The van der Waals surface area contributed by atoms with Crippen molar-refractivity contribution >= 4 is 11.2 Å². The van der Waals surface area contributed by atoms with Crippen LogP contribution in [0.1, 0.15) is 31.6 Å². The van der Waals surface area contributed by atoms with Gasteiger partial charge in [-0.05, 0) is 50.2 Å². The molecule has 1 unspecified atom stereocenters. The highest BCUT2D eigenvalue weighted by atomic mass is 16.3. The Labute approximate surface area is 135 Å². The molecule has 1 atom stereocenters. The lowest BCUT2D eigenvalue weighted by molar-refractivity contribution is 0.260. The van der Waals surface area contributed by atoms with Gasteiger partial charge in [-0.2, -0.15) is 0 Å². The van der Waals surface area contributed by atoms with Gasteiger partial charge in [-0.3, -0.25) is 9.47 Å². The second-order valence-electron chi connectivity index (χ2n) is 5.93. The number of aromatic hydroxyl groups is 1. The summed E-state index contributed by atoms with van der Waals surface area (Å²) < 4.78 is 2.02. The van der Waals surface area contributed by atoms with Crippen molar-refractivity contribution < 1.29 is 5.11 Å². The van der Waals surface area contributed by atoms with Crippen molar-refractivity contribution in [3.05, 3.63) is 48.4 Å². The number of nitrogens with zero attached hydrogens (tertiary/aromatic N) is 4. The van der Waals surface area contributed by atoms with Gasteiger partial charge in [-0.1, -0.05) is 19.1 Å². The van der Waals surface area contributed by atoms with Crippen LogP contribution in [0.15, 0.2) is 42.6 Å². The minimum absolute atomic E-state index is 0.250. The smallest absolute Gasteiger partial charge is 0.164 e. The quantitative estimate of drug-likeness (QED) is 0.807. The maximum atomic E-state index is 10.3. The monoisotopic (exact) mass is 308 g/mol. The Morgan fingerprint density at radius 2 is 2.09 bits per heavy atom. The maximum absolute atomic E-state index is 10.3.